The Labute approximate surface area is 193 Å². The minimum Gasteiger partial charge on any atom is -0.465 e. The maximum atomic E-state index is 13.0. The minimum atomic E-state index is -1.00. The number of rotatable bonds is 4. The van der Waals surface area contributed by atoms with Crippen molar-refractivity contribution in [3.05, 3.63) is 64.7 Å². The summed E-state index contributed by atoms with van der Waals surface area (Å²) in [5.74, 6) is -1.42. The van der Waals surface area contributed by atoms with E-state index in [1.54, 1.807) is 6.92 Å². The Morgan fingerprint density at radius 1 is 1.06 bits per heavy atom. The van der Waals surface area contributed by atoms with Crippen molar-refractivity contribution in [1.29, 1.82) is 0 Å². The molecule has 8 heteroatoms. The Morgan fingerprint density at radius 3 is 2.31 bits per heavy atom. The summed E-state index contributed by atoms with van der Waals surface area (Å²) < 4.78 is 5.18. The highest BCUT2D eigenvalue weighted by Gasteiger charge is 2.42. The van der Waals surface area contributed by atoms with Crippen molar-refractivity contribution in [3.63, 3.8) is 0 Å². The molecule has 0 bridgehead atoms. The lowest BCUT2D eigenvalue weighted by molar-refractivity contribution is -0.153. The number of aliphatic imine (C=N–C) groups is 1. The number of ether oxygens (including phenoxy) is 1. The SMILES string of the molecule is CCOC(=O)[C@H]1C(=O)NC(N2CCN(c3ccc(Cl)cc3)CC2)=N[C@H]1c1ccc(C)cc1. The van der Waals surface area contributed by atoms with Crippen LogP contribution in [0.1, 0.15) is 24.1 Å². The van der Waals surface area contributed by atoms with Crippen molar-refractivity contribution in [2.45, 2.75) is 19.9 Å². The van der Waals surface area contributed by atoms with Crippen molar-refractivity contribution in [3.8, 4) is 0 Å². The molecule has 0 aromatic heterocycles. The van der Waals surface area contributed by atoms with Crippen LogP contribution in [0.3, 0.4) is 0 Å². The van der Waals surface area contributed by atoms with Crippen LogP contribution in [0, 0.1) is 12.8 Å². The number of esters is 1. The number of hydrogen-bond donors (Lipinski definition) is 1. The van der Waals surface area contributed by atoms with E-state index < -0.39 is 17.9 Å². The average molecular weight is 455 g/mol. The Kier molecular flexibility index (Phi) is 6.65. The molecular weight excluding hydrogens is 428 g/mol. The number of hydrogen-bond acceptors (Lipinski definition) is 6. The lowest BCUT2D eigenvalue weighted by atomic mass is 9.91. The van der Waals surface area contributed by atoms with E-state index in [4.69, 9.17) is 21.3 Å². The summed E-state index contributed by atoms with van der Waals surface area (Å²) in [7, 11) is 0. The summed E-state index contributed by atoms with van der Waals surface area (Å²) in [5, 5.41) is 3.56. The van der Waals surface area contributed by atoms with E-state index in [0.29, 0.717) is 24.1 Å². The van der Waals surface area contributed by atoms with Crippen molar-refractivity contribution < 1.29 is 14.3 Å². The highest BCUT2D eigenvalue weighted by Crippen LogP contribution is 2.31. The smallest absolute Gasteiger partial charge is 0.321 e. The molecule has 0 radical (unpaired) electrons. The number of nitrogens with zero attached hydrogens (tertiary/aromatic N) is 3. The molecular formula is C24H27ClN4O3. The van der Waals surface area contributed by atoms with Crippen LogP contribution in [0.2, 0.25) is 5.02 Å². The van der Waals surface area contributed by atoms with Gasteiger partial charge in [-0.3, -0.25) is 14.9 Å². The van der Waals surface area contributed by atoms with Crippen LogP contribution in [0.5, 0.6) is 0 Å². The number of nitrogens with one attached hydrogen (secondary N) is 1. The van der Waals surface area contributed by atoms with E-state index >= 15 is 0 Å². The second-order valence-electron chi connectivity index (χ2n) is 7.98. The number of carbonyl (C=O) groups is 2. The zero-order chi connectivity index (χ0) is 22.7. The molecule has 0 aliphatic carbocycles. The average Bonchev–Trinajstić information content (AvgIpc) is 2.80. The van der Waals surface area contributed by atoms with Gasteiger partial charge in [-0.15, -0.1) is 0 Å². The van der Waals surface area contributed by atoms with E-state index in [2.05, 4.69) is 15.1 Å². The molecule has 2 aromatic carbocycles. The molecule has 2 aliphatic heterocycles. The second kappa shape index (κ2) is 9.61. The maximum Gasteiger partial charge on any atom is 0.321 e. The number of halogens is 1. The van der Waals surface area contributed by atoms with E-state index in [1.807, 2.05) is 55.5 Å². The summed E-state index contributed by atoms with van der Waals surface area (Å²) in [4.78, 5) is 34.7. The van der Waals surface area contributed by atoms with Gasteiger partial charge in [-0.25, -0.2) is 4.99 Å². The van der Waals surface area contributed by atoms with E-state index in [-0.39, 0.29) is 12.5 Å². The molecule has 1 N–H and O–H groups in total. The Balaban J connectivity index is 1.55. The molecule has 4 rings (SSSR count). The third kappa shape index (κ3) is 4.72. The monoisotopic (exact) mass is 454 g/mol. The van der Waals surface area contributed by atoms with Crippen LogP contribution in [-0.4, -0.2) is 55.5 Å². The Morgan fingerprint density at radius 2 is 1.69 bits per heavy atom. The predicted octanol–water partition coefficient (Wildman–Crippen LogP) is 3.18. The summed E-state index contributed by atoms with van der Waals surface area (Å²) in [5.41, 5.74) is 3.04. The number of anilines is 1. The number of amides is 1. The number of guanidine groups is 1. The summed E-state index contributed by atoms with van der Waals surface area (Å²) in [6.45, 7) is 6.91. The first-order chi connectivity index (χ1) is 15.5. The molecule has 2 aliphatic rings. The van der Waals surface area contributed by atoms with Gasteiger partial charge in [0.05, 0.1) is 6.61 Å². The number of carbonyl (C=O) groups excluding carboxylic acids is 2. The number of benzene rings is 2. The predicted molar refractivity (Wildman–Crippen MR) is 125 cm³/mol. The highest BCUT2D eigenvalue weighted by molar-refractivity contribution is 6.30. The van der Waals surface area contributed by atoms with Gasteiger partial charge in [0.2, 0.25) is 11.9 Å². The summed E-state index contributed by atoms with van der Waals surface area (Å²) >= 11 is 6.00. The largest absolute Gasteiger partial charge is 0.465 e. The first-order valence-corrected chi connectivity index (χ1v) is 11.2. The van der Waals surface area contributed by atoms with Crippen LogP contribution in [0.25, 0.3) is 0 Å². The number of aryl methyl sites for hydroxylation is 1. The zero-order valence-corrected chi connectivity index (χ0v) is 19.0. The second-order valence-corrected chi connectivity index (χ2v) is 8.41. The van der Waals surface area contributed by atoms with Gasteiger partial charge >= 0.3 is 5.97 Å². The van der Waals surface area contributed by atoms with Crippen molar-refractivity contribution in [1.82, 2.24) is 10.2 Å². The molecule has 7 nitrogen and oxygen atoms in total. The molecule has 0 saturated carbocycles. The molecule has 32 heavy (non-hydrogen) atoms. The minimum absolute atomic E-state index is 0.215. The van der Waals surface area contributed by atoms with Gasteiger partial charge in [-0.1, -0.05) is 41.4 Å². The van der Waals surface area contributed by atoms with E-state index in [9.17, 15) is 9.59 Å². The molecule has 0 unspecified atom stereocenters. The van der Waals surface area contributed by atoms with Crippen LogP contribution >= 0.6 is 11.6 Å². The van der Waals surface area contributed by atoms with E-state index in [0.717, 1.165) is 29.9 Å². The molecule has 168 valence electrons. The topological polar surface area (TPSA) is 74.2 Å². The summed E-state index contributed by atoms with van der Waals surface area (Å²) in [6, 6.07) is 14.9. The summed E-state index contributed by atoms with van der Waals surface area (Å²) in [6.07, 6.45) is 0. The molecule has 0 spiro atoms. The lowest BCUT2D eigenvalue weighted by Gasteiger charge is -2.39. The molecule has 2 aromatic rings. The van der Waals surface area contributed by atoms with Gasteiger partial charge in [0, 0.05) is 36.9 Å². The van der Waals surface area contributed by atoms with Crippen LogP contribution < -0.4 is 10.2 Å². The molecule has 1 fully saturated rings. The van der Waals surface area contributed by atoms with Crippen molar-refractivity contribution >= 4 is 35.1 Å². The van der Waals surface area contributed by atoms with Gasteiger partial charge in [-0.05, 0) is 43.7 Å². The molecule has 2 atom stereocenters. The van der Waals surface area contributed by atoms with Crippen molar-refractivity contribution in [2.75, 3.05) is 37.7 Å². The highest BCUT2D eigenvalue weighted by atomic mass is 35.5. The van der Waals surface area contributed by atoms with Gasteiger partial charge in [0.15, 0.2) is 5.92 Å². The van der Waals surface area contributed by atoms with Crippen LogP contribution in [0.15, 0.2) is 53.5 Å². The van der Waals surface area contributed by atoms with Crippen LogP contribution in [-0.2, 0) is 14.3 Å². The fraction of sp³-hybridized carbons (Fsp3) is 0.375. The molecule has 1 amide bonds. The van der Waals surface area contributed by atoms with Crippen molar-refractivity contribution in [2.24, 2.45) is 10.9 Å². The number of piperazine rings is 1. The molecule has 1 saturated heterocycles. The Bertz CT molecular complexity index is 999. The van der Waals surface area contributed by atoms with E-state index in [1.165, 1.54) is 0 Å². The third-order valence-electron chi connectivity index (χ3n) is 5.82. The first-order valence-electron chi connectivity index (χ1n) is 10.8. The van der Waals surface area contributed by atoms with Gasteiger partial charge in [-0.2, -0.15) is 0 Å². The fourth-order valence-corrected chi connectivity index (χ4v) is 4.18. The third-order valence-corrected chi connectivity index (χ3v) is 6.08. The maximum absolute atomic E-state index is 13.0. The zero-order valence-electron chi connectivity index (χ0n) is 18.3. The quantitative estimate of drug-likeness (QED) is 0.567. The molecule has 2 heterocycles. The van der Waals surface area contributed by atoms with Crippen LogP contribution in [0.4, 0.5) is 5.69 Å². The van der Waals surface area contributed by atoms with Gasteiger partial charge in [0.1, 0.15) is 6.04 Å². The first kappa shape index (κ1) is 22.1. The normalized spacial score (nSPS) is 21.1. The van der Waals surface area contributed by atoms with Gasteiger partial charge < -0.3 is 14.5 Å². The Hall–Kier alpha value is -3.06. The van der Waals surface area contributed by atoms with Gasteiger partial charge in [0.25, 0.3) is 0 Å². The fourth-order valence-electron chi connectivity index (χ4n) is 4.06. The standard InChI is InChI=1S/C24H27ClN4O3/c1-3-32-23(31)20-21(17-6-4-16(2)5-7-17)26-24(27-22(20)30)29-14-12-28(13-15-29)19-10-8-18(25)9-11-19/h4-11,20-21H,3,12-15H2,1-2H3,(H,26,27,30)/t20-,21+/m1/s1. The lowest BCUT2D eigenvalue weighted by Crippen LogP contribution is -2.57.